The number of rotatable bonds is 4. The monoisotopic (exact) mass is 262 g/mol. The van der Waals surface area contributed by atoms with Gasteiger partial charge in [-0.05, 0) is 56.5 Å². The number of hydrogen-bond donors (Lipinski definition) is 2. The molecule has 104 valence electrons. The number of nitrogens with one attached hydrogen (secondary N) is 1. The molecule has 4 heteroatoms. The molecule has 2 N–H and O–H groups in total. The Morgan fingerprint density at radius 1 is 1.42 bits per heavy atom. The fourth-order valence-corrected chi connectivity index (χ4v) is 2.51. The largest absolute Gasteiger partial charge is 0.395 e. The van der Waals surface area contributed by atoms with Crippen LogP contribution < -0.4 is 5.32 Å². The first-order valence-corrected chi connectivity index (χ1v) is 6.82. The summed E-state index contributed by atoms with van der Waals surface area (Å²) in [6.45, 7) is 5.48. The molecule has 1 fully saturated rings. The van der Waals surface area contributed by atoms with Crippen molar-refractivity contribution < 1.29 is 9.90 Å². The lowest BCUT2D eigenvalue weighted by molar-refractivity contribution is -0.117. The van der Waals surface area contributed by atoms with Crippen LogP contribution in [0, 0.1) is 13.8 Å². The lowest BCUT2D eigenvalue weighted by Gasteiger charge is -2.21. The number of hydrogen-bond acceptors (Lipinski definition) is 3. The van der Waals surface area contributed by atoms with Crippen molar-refractivity contribution >= 4 is 11.6 Å². The highest BCUT2D eigenvalue weighted by atomic mass is 16.3. The van der Waals surface area contributed by atoms with E-state index in [-0.39, 0.29) is 18.6 Å². The van der Waals surface area contributed by atoms with Crippen LogP contribution in [0.15, 0.2) is 18.2 Å². The molecular formula is C15H22N2O2. The zero-order valence-corrected chi connectivity index (χ0v) is 11.6. The standard InChI is InChI=1S/C15H22N2O2/c1-11-5-6-13(8-12(11)2)16-15(19)9-17-7-3-4-14(17)10-18/h5-6,8,14,18H,3-4,7,9-10H2,1-2H3,(H,16,19)/t14-/m1/s1. The number of benzene rings is 1. The molecule has 1 aromatic carbocycles. The smallest absolute Gasteiger partial charge is 0.238 e. The molecule has 1 heterocycles. The maximum absolute atomic E-state index is 12.0. The quantitative estimate of drug-likeness (QED) is 0.868. The Hall–Kier alpha value is -1.39. The minimum Gasteiger partial charge on any atom is -0.395 e. The summed E-state index contributed by atoms with van der Waals surface area (Å²) in [7, 11) is 0. The third-order valence-corrected chi connectivity index (χ3v) is 3.85. The maximum Gasteiger partial charge on any atom is 0.238 e. The number of likely N-dealkylation sites (tertiary alicyclic amines) is 1. The predicted octanol–water partition coefficient (Wildman–Crippen LogP) is 1.70. The SMILES string of the molecule is Cc1ccc(NC(=O)CN2CCC[C@@H]2CO)cc1C. The molecule has 1 aliphatic heterocycles. The van der Waals surface area contributed by atoms with Gasteiger partial charge in [0.1, 0.15) is 0 Å². The van der Waals surface area contributed by atoms with Crippen LogP contribution in [-0.4, -0.2) is 41.7 Å². The Labute approximate surface area is 114 Å². The van der Waals surface area contributed by atoms with Gasteiger partial charge in [-0.1, -0.05) is 6.07 Å². The van der Waals surface area contributed by atoms with Gasteiger partial charge in [0.15, 0.2) is 0 Å². The second-order valence-electron chi connectivity index (χ2n) is 5.30. The van der Waals surface area contributed by atoms with E-state index >= 15 is 0 Å². The van der Waals surface area contributed by atoms with Crippen LogP contribution in [0.2, 0.25) is 0 Å². The van der Waals surface area contributed by atoms with E-state index in [9.17, 15) is 9.90 Å². The molecule has 2 rings (SSSR count). The summed E-state index contributed by atoms with van der Waals surface area (Å²) in [5, 5.41) is 12.2. The third kappa shape index (κ3) is 3.55. The zero-order valence-electron chi connectivity index (χ0n) is 11.6. The average Bonchev–Trinajstić information content (AvgIpc) is 2.81. The van der Waals surface area contributed by atoms with Crippen LogP contribution in [0.25, 0.3) is 0 Å². The first-order valence-electron chi connectivity index (χ1n) is 6.82. The summed E-state index contributed by atoms with van der Waals surface area (Å²) >= 11 is 0. The fraction of sp³-hybridized carbons (Fsp3) is 0.533. The van der Waals surface area contributed by atoms with Crippen LogP contribution in [-0.2, 0) is 4.79 Å². The van der Waals surface area contributed by atoms with Gasteiger partial charge in [0, 0.05) is 11.7 Å². The summed E-state index contributed by atoms with van der Waals surface area (Å²) in [6.07, 6.45) is 2.04. The normalized spacial score (nSPS) is 19.6. The van der Waals surface area contributed by atoms with Gasteiger partial charge in [-0.2, -0.15) is 0 Å². The predicted molar refractivity (Wildman–Crippen MR) is 76.2 cm³/mol. The van der Waals surface area contributed by atoms with Crippen molar-refractivity contribution in [1.82, 2.24) is 4.90 Å². The molecule has 0 radical (unpaired) electrons. The second-order valence-corrected chi connectivity index (χ2v) is 5.30. The van der Waals surface area contributed by atoms with Crippen molar-refractivity contribution in [2.45, 2.75) is 32.7 Å². The molecule has 0 saturated carbocycles. The van der Waals surface area contributed by atoms with E-state index in [1.807, 2.05) is 25.1 Å². The lowest BCUT2D eigenvalue weighted by atomic mass is 10.1. The molecule has 0 bridgehead atoms. The molecule has 0 spiro atoms. The molecule has 1 aliphatic rings. The third-order valence-electron chi connectivity index (χ3n) is 3.85. The molecule has 19 heavy (non-hydrogen) atoms. The number of anilines is 1. The minimum atomic E-state index is -0.0106. The maximum atomic E-state index is 12.0. The molecule has 1 atom stereocenters. The van der Waals surface area contributed by atoms with E-state index in [4.69, 9.17) is 0 Å². The minimum absolute atomic E-state index is 0.0106. The van der Waals surface area contributed by atoms with Crippen LogP contribution in [0.1, 0.15) is 24.0 Å². The zero-order chi connectivity index (χ0) is 13.8. The fourth-order valence-electron chi connectivity index (χ4n) is 2.51. The second kappa shape index (κ2) is 6.17. The van der Waals surface area contributed by atoms with Crippen molar-refractivity contribution in [3.05, 3.63) is 29.3 Å². The van der Waals surface area contributed by atoms with Crippen LogP contribution in [0.3, 0.4) is 0 Å². The number of nitrogens with zero attached hydrogens (tertiary/aromatic N) is 1. The molecule has 0 aliphatic carbocycles. The first-order chi connectivity index (χ1) is 9.10. The molecule has 1 saturated heterocycles. The van der Waals surface area contributed by atoms with Gasteiger partial charge < -0.3 is 10.4 Å². The van der Waals surface area contributed by atoms with Gasteiger partial charge in [-0.15, -0.1) is 0 Å². The van der Waals surface area contributed by atoms with E-state index in [1.54, 1.807) is 0 Å². The van der Waals surface area contributed by atoms with E-state index in [2.05, 4.69) is 17.1 Å². The molecule has 4 nitrogen and oxygen atoms in total. The molecule has 1 amide bonds. The Morgan fingerprint density at radius 2 is 2.21 bits per heavy atom. The number of aliphatic hydroxyl groups excluding tert-OH is 1. The van der Waals surface area contributed by atoms with Gasteiger partial charge in [0.05, 0.1) is 13.2 Å². The lowest BCUT2D eigenvalue weighted by Crippen LogP contribution is -2.38. The van der Waals surface area contributed by atoms with Crippen LogP contribution in [0.4, 0.5) is 5.69 Å². The summed E-state index contributed by atoms with van der Waals surface area (Å²) in [6, 6.07) is 6.07. The molecular weight excluding hydrogens is 240 g/mol. The topological polar surface area (TPSA) is 52.6 Å². The molecule has 1 aromatic rings. The van der Waals surface area contributed by atoms with E-state index in [1.165, 1.54) is 11.1 Å². The average molecular weight is 262 g/mol. The number of amides is 1. The number of aryl methyl sites for hydroxylation is 2. The van der Waals surface area contributed by atoms with Gasteiger partial charge in [-0.25, -0.2) is 0 Å². The first kappa shape index (κ1) is 14.0. The highest BCUT2D eigenvalue weighted by Crippen LogP contribution is 2.17. The van der Waals surface area contributed by atoms with Gasteiger partial charge in [0.25, 0.3) is 0 Å². The van der Waals surface area contributed by atoms with Crippen LogP contribution in [0.5, 0.6) is 0 Å². The van der Waals surface area contributed by atoms with E-state index < -0.39 is 0 Å². The Kier molecular flexibility index (Phi) is 4.56. The van der Waals surface area contributed by atoms with Gasteiger partial charge >= 0.3 is 0 Å². The molecule has 0 aromatic heterocycles. The van der Waals surface area contributed by atoms with Gasteiger partial charge in [0.2, 0.25) is 5.91 Å². The Morgan fingerprint density at radius 3 is 2.89 bits per heavy atom. The van der Waals surface area contributed by atoms with E-state index in [0.717, 1.165) is 25.1 Å². The van der Waals surface area contributed by atoms with E-state index in [0.29, 0.717) is 6.54 Å². The summed E-state index contributed by atoms with van der Waals surface area (Å²) in [4.78, 5) is 14.0. The van der Waals surface area contributed by atoms with Crippen molar-refractivity contribution in [1.29, 1.82) is 0 Å². The number of aliphatic hydroxyl groups is 1. The van der Waals surface area contributed by atoms with Gasteiger partial charge in [-0.3, -0.25) is 9.69 Å². The summed E-state index contributed by atoms with van der Waals surface area (Å²) in [5.41, 5.74) is 3.23. The van der Waals surface area contributed by atoms with Crippen LogP contribution >= 0.6 is 0 Å². The summed E-state index contributed by atoms with van der Waals surface area (Å²) in [5.74, 6) is -0.0106. The Bertz CT molecular complexity index is 459. The van der Waals surface area contributed by atoms with Crippen molar-refractivity contribution in [3.63, 3.8) is 0 Å². The summed E-state index contributed by atoms with van der Waals surface area (Å²) < 4.78 is 0. The number of carbonyl (C=O) groups excluding carboxylic acids is 1. The number of carbonyl (C=O) groups is 1. The van der Waals surface area contributed by atoms with Crippen molar-refractivity contribution in [2.24, 2.45) is 0 Å². The highest BCUT2D eigenvalue weighted by molar-refractivity contribution is 5.92. The molecule has 0 unspecified atom stereocenters. The van der Waals surface area contributed by atoms with Crippen molar-refractivity contribution in [2.75, 3.05) is 25.0 Å². The Balaban J connectivity index is 1.92. The highest BCUT2D eigenvalue weighted by Gasteiger charge is 2.25. The van der Waals surface area contributed by atoms with Crippen molar-refractivity contribution in [3.8, 4) is 0 Å².